The van der Waals surface area contributed by atoms with Gasteiger partial charge in [-0.15, -0.1) is 0 Å². The molecule has 0 aliphatic heterocycles. The molecule has 0 aliphatic rings. The number of rotatable bonds is 3. The summed E-state index contributed by atoms with van der Waals surface area (Å²) in [6.45, 7) is 3.87. The molecule has 0 saturated carbocycles. The highest BCUT2D eigenvalue weighted by atomic mass is 16.5. The minimum atomic E-state index is -0.495. The summed E-state index contributed by atoms with van der Waals surface area (Å²) in [5, 5.41) is 12.2. The smallest absolute Gasteiger partial charge is 0.342 e. The minimum Gasteiger partial charge on any atom is -0.506 e. The summed E-state index contributed by atoms with van der Waals surface area (Å²) in [5.41, 5.74) is 2.92. The number of aromatic hydroxyl groups is 1. The van der Waals surface area contributed by atoms with Gasteiger partial charge in [0.05, 0.1) is 6.61 Å². The SMILES string of the molecule is CCOC(=O)c1c(C)c(-c2ccccc2)c2ccccc2c1O. The zero-order chi connectivity index (χ0) is 16.4. The molecule has 3 aromatic carbocycles. The number of carbonyl (C=O) groups excluding carboxylic acids is 1. The Morgan fingerprint density at radius 2 is 1.61 bits per heavy atom. The van der Waals surface area contributed by atoms with Crippen molar-refractivity contribution in [1.29, 1.82) is 0 Å². The van der Waals surface area contributed by atoms with Gasteiger partial charge in [0, 0.05) is 5.39 Å². The highest BCUT2D eigenvalue weighted by molar-refractivity contribution is 6.09. The second kappa shape index (κ2) is 6.13. The van der Waals surface area contributed by atoms with E-state index in [9.17, 15) is 9.90 Å². The average molecular weight is 306 g/mol. The Kier molecular flexibility index (Phi) is 4.02. The monoisotopic (exact) mass is 306 g/mol. The first-order chi connectivity index (χ1) is 11.1. The third-order valence-electron chi connectivity index (χ3n) is 3.98. The normalized spacial score (nSPS) is 10.7. The van der Waals surface area contributed by atoms with Gasteiger partial charge in [-0.05, 0) is 35.9 Å². The highest BCUT2D eigenvalue weighted by Crippen LogP contribution is 2.40. The summed E-state index contributed by atoms with van der Waals surface area (Å²) in [6, 6.07) is 17.4. The van der Waals surface area contributed by atoms with Gasteiger partial charge in [-0.1, -0.05) is 54.6 Å². The summed E-state index contributed by atoms with van der Waals surface area (Å²) >= 11 is 0. The van der Waals surface area contributed by atoms with E-state index < -0.39 is 5.97 Å². The van der Waals surface area contributed by atoms with Gasteiger partial charge in [0.25, 0.3) is 0 Å². The quantitative estimate of drug-likeness (QED) is 0.714. The third kappa shape index (κ3) is 2.55. The van der Waals surface area contributed by atoms with Crippen molar-refractivity contribution in [2.45, 2.75) is 13.8 Å². The van der Waals surface area contributed by atoms with Crippen molar-refractivity contribution in [2.75, 3.05) is 6.61 Å². The largest absolute Gasteiger partial charge is 0.506 e. The number of phenolic OH excluding ortho intramolecular Hbond substituents is 1. The molecule has 0 fully saturated rings. The van der Waals surface area contributed by atoms with Crippen LogP contribution in [-0.2, 0) is 4.74 Å². The average Bonchev–Trinajstić information content (AvgIpc) is 2.56. The zero-order valence-corrected chi connectivity index (χ0v) is 13.2. The maximum absolute atomic E-state index is 12.3. The van der Waals surface area contributed by atoms with Crippen LogP contribution in [0.15, 0.2) is 54.6 Å². The van der Waals surface area contributed by atoms with E-state index in [4.69, 9.17) is 4.74 Å². The molecular formula is C20H18O3. The summed E-state index contributed by atoms with van der Waals surface area (Å²) in [6.07, 6.45) is 0. The fraction of sp³-hybridized carbons (Fsp3) is 0.150. The molecule has 0 aliphatic carbocycles. The molecule has 0 spiro atoms. The number of hydrogen-bond donors (Lipinski definition) is 1. The van der Waals surface area contributed by atoms with Gasteiger partial charge in [-0.3, -0.25) is 0 Å². The lowest BCUT2D eigenvalue weighted by atomic mass is 9.89. The molecule has 3 aromatic rings. The molecule has 0 radical (unpaired) electrons. The molecule has 0 aromatic heterocycles. The Hall–Kier alpha value is -2.81. The summed E-state index contributed by atoms with van der Waals surface area (Å²) in [5.74, 6) is -0.512. The van der Waals surface area contributed by atoms with Crippen LogP contribution < -0.4 is 0 Å². The first-order valence-electron chi connectivity index (χ1n) is 7.62. The fourth-order valence-corrected chi connectivity index (χ4v) is 2.98. The Morgan fingerprint density at radius 1 is 1.00 bits per heavy atom. The number of benzene rings is 3. The predicted molar refractivity (Wildman–Crippen MR) is 91.7 cm³/mol. The molecule has 0 atom stereocenters. The highest BCUT2D eigenvalue weighted by Gasteiger charge is 2.22. The number of esters is 1. The molecule has 1 N–H and O–H groups in total. The molecule has 0 saturated heterocycles. The summed E-state index contributed by atoms with van der Waals surface area (Å²) in [7, 11) is 0. The molecule has 0 amide bonds. The Bertz CT molecular complexity index is 867. The zero-order valence-electron chi connectivity index (χ0n) is 13.2. The Morgan fingerprint density at radius 3 is 2.26 bits per heavy atom. The second-order valence-corrected chi connectivity index (χ2v) is 5.36. The lowest BCUT2D eigenvalue weighted by molar-refractivity contribution is 0.0522. The topological polar surface area (TPSA) is 46.5 Å². The van der Waals surface area contributed by atoms with Gasteiger partial charge in [-0.25, -0.2) is 4.79 Å². The third-order valence-corrected chi connectivity index (χ3v) is 3.98. The van der Waals surface area contributed by atoms with Crippen LogP contribution in [0.1, 0.15) is 22.8 Å². The van der Waals surface area contributed by atoms with Gasteiger partial charge < -0.3 is 9.84 Å². The van der Waals surface area contributed by atoms with Crippen LogP contribution >= 0.6 is 0 Å². The van der Waals surface area contributed by atoms with E-state index >= 15 is 0 Å². The van der Waals surface area contributed by atoms with E-state index in [0.29, 0.717) is 5.39 Å². The maximum Gasteiger partial charge on any atom is 0.342 e. The van der Waals surface area contributed by atoms with Gasteiger partial charge in [0.1, 0.15) is 11.3 Å². The molecule has 3 heteroatoms. The van der Waals surface area contributed by atoms with Crippen molar-refractivity contribution in [3.05, 3.63) is 65.7 Å². The van der Waals surface area contributed by atoms with Crippen molar-refractivity contribution in [2.24, 2.45) is 0 Å². The molecular weight excluding hydrogens is 288 g/mol. The number of hydrogen-bond acceptors (Lipinski definition) is 3. The number of phenols is 1. The Labute approximate surface area is 135 Å². The van der Waals surface area contributed by atoms with Crippen LogP contribution in [0, 0.1) is 6.92 Å². The maximum atomic E-state index is 12.3. The molecule has 23 heavy (non-hydrogen) atoms. The predicted octanol–water partition coefficient (Wildman–Crippen LogP) is 4.70. The van der Waals surface area contributed by atoms with Gasteiger partial charge in [-0.2, -0.15) is 0 Å². The van der Waals surface area contributed by atoms with Crippen LogP contribution in [0.5, 0.6) is 5.75 Å². The lowest BCUT2D eigenvalue weighted by Crippen LogP contribution is -2.08. The lowest BCUT2D eigenvalue weighted by Gasteiger charge is -2.17. The van der Waals surface area contributed by atoms with E-state index in [0.717, 1.165) is 22.1 Å². The first-order valence-corrected chi connectivity index (χ1v) is 7.62. The van der Waals surface area contributed by atoms with Gasteiger partial charge >= 0.3 is 5.97 Å². The fourth-order valence-electron chi connectivity index (χ4n) is 2.98. The van der Waals surface area contributed by atoms with Gasteiger partial charge in [0.2, 0.25) is 0 Å². The molecule has 3 rings (SSSR count). The molecule has 0 heterocycles. The van der Waals surface area contributed by atoms with Crippen molar-refractivity contribution < 1.29 is 14.6 Å². The van der Waals surface area contributed by atoms with Crippen molar-refractivity contribution in [3.8, 4) is 16.9 Å². The van der Waals surface area contributed by atoms with Crippen LogP contribution in [0.3, 0.4) is 0 Å². The number of ether oxygens (including phenoxy) is 1. The van der Waals surface area contributed by atoms with Crippen LogP contribution in [0.2, 0.25) is 0 Å². The van der Waals surface area contributed by atoms with Crippen LogP contribution in [0.4, 0.5) is 0 Å². The standard InChI is InChI=1S/C20H18O3/c1-3-23-20(22)18-13(2)17(14-9-5-4-6-10-14)15-11-7-8-12-16(15)19(18)21/h4-12,21H,3H2,1-2H3. The van der Waals surface area contributed by atoms with Crippen LogP contribution in [0.25, 0.3) is 21.9 Å². The van der Waals surface area contributed by atoms with Crippen molar-refractivity contribution >= 4 is 16.7 Å². The molecule has 116 valence electrons. The molecule has 0 bridgehead atoms. The molecule has 0 unspecified atom stereocenters. The Balaban J connectivity index is 2.41. The van der Waals surface area contributed by atoms with E-state index in [1.807, 2.05) is 61.5 Å². The number of carbonyl (C=O) groups is 1. The summed E-state index contributed by atoms with van der Waals surface area (Å²) in [4.78, 5) is 12.3. The molecule has 3 nitrogen and oxygen atoms in total. The van der Waals surface area contributed by atoms with E-state index in [2.05, 4.69) is 0 Å². The van der Waals surface area contributed by atoms with E-state index in [-0.39, 0.29) is 17.9 Å². The minimum absolute atomic E-state index is 0.0174. The van der Waals surface area contributed by atoms with Crippen molar-refractivity contribution in [3.63, 3.8) is 0 Å². The van der Waals surface area contributed by atoms with Crippen LogP contribution in [-0.4, -0.2) is 17.7 Å². The second-order valence-electron chi connectivity index (χ2n) is 5.36. The van der Waals surface area contributed by atoms with Gasteiger partial charge in [0.15, 0.2) is 0 Å². The van der Waals surface area contributed by atoms with E-state index in [1.165, 1.54) is 0 Å². The van der Waals surface area contributed by atoms with Crippen molar-refractivity contribution in [1.82, 2.24) is 0 Å². The first kappa shape index (κ1) is 15.1. The summed E-state index contributed by atoms with van der Waals surface area (Å²) < 4.78 is 5.13. The van der Waals surface area contributed by atoms with E-state index in [1.54, 1.807) is 6.92 Å². The number of fused-ring (bicyclic) bond motifs is 1.